The zero-order chi connectivity index (χ0) is 21.9. The molecule has 8 heteroatoms. The second-order valence-corrected chi connectivity index (χ2v) is 6.10. The quantitative estimate of drug-likeness (QED) is 0.458. The van der Waals surface area contributed by atoms with E-state index in [1.807, 2.05) is 20.8 Å². The van der Waals surface area contributed by atoms with E-state index in [2.05, 4.69) is 15.8 Å². The van der Waals surface area contributed by atoms with Crippen LogP contribution in [0.2, 0.25) is 0 Å². The van der Waals surface area contributed by atoms with Crippen molar-refractivity contribution in [2.45, 2.75) is 27.7 Å². The second-order valence-electron chi connectivity index (χ2n) is 6.10. The average Bonchev–Trinajstić information content (AvgIpc) is 2.71. The smallest absolute Gasteiger partial charge is 0.271 e. The first-order chi connectivity index (χ1) is 14.5. The van der Waals surface area contributed by atoms with Gasteiger partial charge in [0.25, 0.3) is 5.91 Å². The monoisotopic (exact) mass is 413 g/mol. The summed E-state index contributed by atoms with van der Waals surface area (Å²) >= 11 is 0. The lowest BCUT2D eigenvalue weighted by molar-refractivity contribution is -0.114. The number of carbonyl (C=O) groups is 2. The molecule has 0 fully saturated rings. The number of ether oxygens (including phenoxy) is 3. The van der Waals surface area contributed by atoms with Crippen LogP contribution in [0, 0.1) is 0 Å². The molecular formula is C22H27N3O5. The number of nitrogens with zero attached hydrogens (tertiary/aromatic N) is 1. The van der Waals surface area contributed by atoms with Crippen LogP contribution in [0.3, 0.4) is 0 Å². The summed E-state index contributed by atoms with van der Waals surface area (Å²) in [6, 6.07) is 10.3. The van der Waals surface area contributed by atoms with Gasteiger partial charge >= 0.3 is 0 Å². The van der Waals surface area contributed by atoms with Crippen molar-refractivity contribution in [1.82, 2.24) is 5.43 Å². The molecule has 2 aromatic carbocycles. The summed E-state index contributed by atoms with van der Waals surface area (Å²) in [5.74, 6) is 0.796. The van der Waals surface area contributed by atoms with E-state index in [9.17, 15) is 9.59 Å². The van der Waals surface area contributed by atoms with Crippen LogP contribution in [0.5, 0.6) is 17.2 Å². The molecule has 0 aliphatic heterocycles. The zero-order valence-electron chi connectivity index (χ0n) is 17.7. The van der Waals surface area contributed by atoms with E-state index in [1.54, 1.807) is 36.4 Å². The van der Waals surface area contributed by atoms with E-state index in [0.29, 0.717) is 48.3 Å². The number of hydrogen-bond acceptors (Lipinski definition) is 6. The summed E-state index contributed by atoms with van der Waals surface area (Å²) in [5.41, 5.74) is 4.28. The Hall–Kier alpha value is -3.55. The predicted octanol–water partition coefficient (Wildman–Crippen LogP) is 3.61. The molecule has 2 aromatic rings. The first-order valence-corrected chi connectivity index (χ1v) is 9.75. The molecule has 0 atom stereocenters. The van der Waals surface area contributed by atoms with Crippen LogP contribution in [0.25, 0.3) is 0 Å². The lowest BCUT2D eigenvalue weighted by Crippen LogP contribution is -2.18. The zero-order valence-corrected chi connectivity index (χ0v) is 17.7. The van der Waals surface area contributed by atoms with Crippen LogP contribution in [0.15, 0.2) is 41.5 Å². The molecule has 0 aliphatic rings. The first-order valence-electron chi connectivity index (χ1n) is 9.75. The Morgan fingerprint density at radius 1 is 0.933 bits per heavy atom. The van der Waals surface area contributed by atoms with Gasteiger partial charge in [-0.05, 0) is 50.6 Å². The highest BCUT2D eigenvalue weighted by atomic mass is 16.5. The van der Waals surface area contributed by atoms with E-state index in [0.717, 1.165) is 5.56 Å². The molecule has 0 aliphatic carbocycles. The van der Waals surface area contributed by atoms with Gasteiger partial charge in [0.2, 0.25) is 11.7 Å². The van der Waals surface area contributed by atoms with Gasteiger partial charge in [0.05, 0.1) is 26.0 Å². The molecular weight excluding hydrogens is 386 g/mol. The number of amides is 2. The van der Waals surface area contributed by atoms with Crippen LogP contribution >= 0.6 is 0 Å². The first kappa shape index (κ1) is 22.7. The molecule has 0 heterocycles. The Morgan fingerprint density at radius 3 is 2.00 bits per heavy atom. The third-order valence-electron chi connectivity index (χ3n) is 3.78. The van der Waals surface area contributed by atoms with Crippen LogP contribution in [0.4, 0.5) is 5.69 Å². The Bertz CT molecular complexity index is 867. The molecule has 2 rings (SSSR count). The minimum Gasteiger partial charge on any atom is -0.490 e. The molecule has 160 valence electrons. The van der Waals surface area contributed by atoms with Crippen molar-refractivity contribution >= 4 is 23.7 Å². The minimum absolute atomic E-state index is 0.142. The molecule has 0 bridgehead atoms. The Labute approximate surface area is 176 Å². The van der Waals surface area contributed by atoms with Gasteiger partial charge in [-0.15, -0.1) is 0 Å². The standard InChI is InChI=1S/C22H27N3O5/c1-5-28-19-12-17(13-20(29-6-2)21(19)30-7-3)22(27)25-23-14-16-8-10-18(11-9-16)24-15(4)26/h8-14H,5-7H2,1-4H3,(H,24,26)(H,25,27)/b23-14-. The number of nitrogens with one attached hydrogen (secondary N) is 2. The SMILES string of the molecule is CCOc1cc(C(=O)N/N=C\c2ccc(NC(C)=O)cc2)cc(OCC)c1OCC. The van der Waals surface area contributed by atoms with E-state index in [1.165, 1.54) is 13.1 Å². The van der Waals surface area contributed by atoms with E-state index < -0.39 is 5.91 Å². The summed E-state index contributed by atoms with van der Waals surface area (Å²) in [4.78, 5) is 23.6. The van der Waals surface area contributed by atoms with Gasteiger partial charge in [0, 0.05) is 18.2 Å². The largest absolute Gasteiger partial charge is 0.490 e. The average molecular weight is 413 g/mol. The lowest BCUT2D eigenvalue weighted by atomic mass is 10.1. The molecule has 2 amide bonds. The summed E-state index contributed by atoms with van der Waals surface area (Å²) in [5, 5.41) is 6.68. The highest BCUT2D eigenvalue weighted by molar-refractivity contribution is 5.96. The Balaban J connectivity index is 2.15. The number of carbonyl (C=O) groups excluding carboxylic acids is 2. The topological polar surface area (TPSA) is 98.2 Å². The molecule has 8 nitrogen and oxygen atoms in total. The molecule has 0 saturated heterocycles. The molecule has 0 radical (unpaired) electrons. The molecule has 0 unspecified atom stereocenters. The van der Waals surface area contributed by atoms with Crippen molar-refractivity contribution in [2.75, 3.05) is 25.1 Å². The minimum atomic E-state index is -0.411. The fraction of sp³-hybridized carbons (Fsp3) is 0.318. The molecule has 0 aromatic heterocycles. The number of rotatable bonds is 10. The van der Waals surface area contributed by atoms with Crippen molar-refractivity contribution in [3.8, 4) is 17.2 Å². The Kier molecular flexibility index (Phi) is 8.68. The number of hydrogen-bond donors (Lipinski definition) is 2. The van der Waals surface area contributed by atoms with E-state index in [4.69, 9.17) is 14.2 Å². The number of benzene rings is 2. The Morgan fingerprint density at radius 2 is 1.50 bits per heavy atom. The van der Waals surface area contributed by atoms with Gasteiger partial charge in [-0.2, -0.15) is 5.10 Å². The van der Waals surface area contributed by atoms with Crippen molar-refractivity contribution < 1.29 is 23.8 Å². The highest BCUT2D eigenvalue weighted by Gasteiger charge is 2.18. The summed E-state index contributed by atoms with van der Waals surface area (Å²) in [7, 11) is 0. The van der Waals surface area contributed by atoms with Gasteiger partial charge in [-0.3, -0.25) is 9.59 Å². The van der Waals surface area contributed by atoms with Crippen molar-refractivity contribution in [1.29, 1.82) is 0 Å². The lowest BCUT2D eigenvalue weighted by Gasteiger charge is -2.16. The molecule has 30 heavy (non-hydrogen) atoms. The van der Waals surface area contributed by atoms with Crippen molar-refractivity contribution in [2.24, 2.45) is 5.10 Å². The maximum atomic E-state index is 12.6. The summed E-state index contributed by atoms with van der Waals surface area (Å²) in [6.45, 7) is 8.29. The number of hydrazone groups is 1. The van der Waals surface area contributed by atoms with Crippen LogP contribution in [0.1, 0.15) is 43.6 Å². The molecule has 2 N–H and O–H groups in total. The summed E-state index contributed by atoms with van der Waals surface area (Å²) in [6.07, 6.45) is 1.51. The second kappa shape index (κ2) is 11.5. The maximum Gasteiger partial charge on any atom is 0.271 e. The molecule has 0 saturated carbocycles. The third-order valence-corrected chi connectivity index (χ3v) is 3.78. The van der Waals surface area contributed by atoms with Gasteiger partial charge in [0.15, 0.2) is 11.5 Å². The fourth-order valence-electron chi connectivity index (χ4n) is 2.61. The van der Waals surface area contributed by atoms with Gasteiger partial charge in [-0.25, -0.2) is 5.43 Å². The molecule has 0 spiro atoms. The highest BCUT2D eigenvalue weighted by Crippen LogP contribution is 2.39. The summed E-state index contributed by atoms with van der Waals surface area (Å²) < 4.78 is 16.9. The maximum absolute atomic E-state index is 12.6. The third kappa shape index (κ3) is 6.51. The normalized spacial score (nSPS) is 10.5. The van der Waals surface area contributed by atoms with Gasteiger partial charge in [0.1, 0.15) is 0 Å². The van der Waals surface area contributed by atoms with E-state index in [-0.39, 0.29) is 5.91 Å². The fourth-order valence-corrected chi connectivity index (χ4v) is 2.61. The van der Waals surface area contributed by atoms with Gasteiger partial charge < -0.3 is 19.5 Å². The van der Waals surface area contributed by atoms with Crippen LogP contribution < -0.4 is 25.0 Å². The van der Waals surface area contributed by atoms with Crippen molar-refractivity contribution in [3.05, 3.63) is 47.5 Å². The number of anilines is 1. The van der Waals surface area contributed by atoms with Gasteiger partial charge in [-0.1, -0.05) is 12.1 Å². The van der Waals surface area contributed by atoms with Crippen LogP contribution in [-0.2, 0) is 4.79 Å². The predicted molar refractivity (Wildman–Crippen MR) is 116 cm³/mol. The van der Waals surface area contributed by atoms with E-state index >= 15 is 0 Å². The van der Waals surface area contributed by atoms with Crippen molar-refractivity contribution in [3.63, 3.8) is 0 Å². The van der Waals surface area contributed by atoms with Crippen LogP contribution in [-0.4, -0.2) is 37.8 Å².